The molecule has 5 heteroatoms. The standard InChI is InChI=1S/C21H19N3O.C2H6.C2H4.CH4S/c1-2-4-19-18-5-3-10-22-21(18)15-20(23-19)16-6-8-17(9-7-16)24-11-13-25-14-12-24;3*1-2/h3,5-10,15H,11-14H2,1H3;1-2H3;1-2H2;2H,1H3. The molecule has 3 heterocycles. The van der Waals surface area contributed by atoms with Crippen molar-refractivity contribution in [1.29, 1.82) is 0 Å². The first-order valence-corrected chi connectivity index (χ1v) is 11.3. The van der Waals surface area contributed by atoms with Gasteiger partial charge in [-0.1, -0.05) is 31.9 Å². The van der Waals surface area contributed by atoms with Gasteiger partial charge < -0.3 is 9.64 Å². The molecule has 1 saturated heterocycles. The predicted molar refractivity (Wildman–Crippen MR) is 138 cm³/mol. The Morgan fingerprint density at radius 1 is 1.03 bits per heavy atom. The van der Waals surface area contributed by atoms with Gasteiger partial charge in [-0.15, -0.1) is 13.2 Å². The summed E-state index contributed by atoms with van der Waals surface area (Å²) in [6, 6.07) is 14.5. The van der Waals surface area contributed by atoms with E-state index in [2.05, 4.69) is 71.8 Å². The minimum atomic E-state index is 0.778. The van der Waals surface area contributed by atoms with Gasteiger partial charge >= 0.3 is 0 Å². The van der Waals surface area contributed by atoms with Crippen molar-refractivity contribution in [2.75, 3.05) is 37.5 Å². The highest BCUT2D eigenvalue weighted by molar-refractivity contribution is 7.79. The van der Waals surface area contributed by atoms with Crippen molar-refractivity contribution in [3.8, 4) is 23.1 Å². The summed E-state index contributed by atoms with van der Waals surface area (Å²) in [5, 5.41) is 0.991. The van der Waals surface area contributed by atoms with Crippen molar-refractivity contribution in [3.63, 3.8) is 0 Å². The Morgan fingerprint density at radius 2 is 1.68 bits per heavy atom. The quantitative estimate of drug-likeness (QED) is 0.310. The highest BCUT2D eigenvalue weighted by atomic mass is 32.1. The number of pyridine rings is 2. The van der Waals surface area contributed by atoms with Gasteiger partial charge in [-0.25, -0.2) is 4.98 Å². The van der Waals surface area contributed by atoms with Crippen LogP contribution in [0.5, 0.6) is 0 Å². The average Bonchev–Trinajstić information content (AvgIpc) is 2.88. The number of benzene rings is 1. The Labute approximate surface area is 192 Å². The maximum Gasteiger partial charge on any atom is 0.123 e. The number of morpholine rings is 1. The summed E-state index contributed by atoms with van der Waals surface area (Å²) in [6.07, 6.45) is 3.50. The van der Waals surface area contributed by atoms with E-state index in [9.17, 15) is 0 Å². The summed E-state index contributed by atoms with van der Waals surface area (Å²) in [7, 11) is 0. The second-order valence-electron chi connectivity index (χ2n) is 5.95. The van der Waals surface area contributed by atoms with Crippen molar-refractivity contribution in [3.05, 3.63) is 67.5 Å². The van der Waals surface area contributed by atoms with E-state index in [1.165, 1.54) is 5.69 Å². The second-order valence-corrected chi connectivity index (χ2v) is 5.95. The summed E-state index contributed by atoms with van der Waals surface area (Å²) in [5.74, 6) is 6.05. The first kappa shape index (κ1) is 26.2. The molecule has 1 aliphatic heterocycles. The number of nitrogens with zero attached hydrogens (tertiary/aromatic N) is 3. The predicted octanol–water partition coefficient (Wildman–Crippen LogP) is 5.88. The van der Waals surface area contributed by atoms with Gasteiger partial charge in [-0.3, -0.25) is 4.98 Å². The molecular weight excluding hydrogens is 402 g/mol. The fourth-order valence-electron chi connectivity index (χ4n) is 3.10. The lowest BCUT2D eigenvalue weighted by Crippen LogP contribution is -2.36. The minimum Gasteiger partial charge on any atom is -0.378 e. The van der Waals surface area contributed by atoms with Gasteiger partial charge in [0.2, 0.25) is 0 Å². The fourth-order valence-corrected chi connectivity index (χ4v) is 3.10. The third-order valence-electron chi connectivity index (χ3n) is 4.38. The van der Waals surface area contributed by atoms with E-state index in [4.69, 9.17) is 9.72 Å². The summed E-state index contributed by atoms with van der Waals surface area (Å²) in [6.45, 7) is 15.3. The summed E-state index contributed by atoms with van der Waals surface area (Å²) < 4.78 is 5.42. The maximum atomic E-state index is 5.42. The van der Waals surface area contributed by atoms with Crippen LogP contribution in [0, 0.1) is 11.8 Å². The molecule has 0 amide bonds. The monoisotopic (exact) mass is 435 g/mol. The van der Waals surface area contributed by atoms with Gasteiger partial charge in [-0.05, 0) is 49.4 Å². The van der Waals surface area contributed by atoms with Crippen LogP contribution in [0.1, 0.15) is 26.5 Å². The van der Waals surface area contributed by atoms with Crippen LogP contribution in [0.4, 0.5) is 5.69 Å². The van der Waals surface area contributed by atoms with E-state index >= 15 is 0 Å². The number of aromatic nitrogens is 2. The summed E-state index contributed by atoms with van der Waals surface area (Å²) >= 11 is 3.53. The van der Waals surface area contributed by atoms with E-state index in [1.807, 2.05) is 39.0 Å². The molecule has 4 nitrogen and oxygen atoms in total. The molecule has 0 saturated carbocycles. The number of ether oxygens (including phenoxy) is 1. The third-order valence-corrected chi connectivity index (χ3v) is 4.38. The first-order chi connectivity index (χ1) is 15.3. The van der Waals surface area contributed by atoms with Crippen molar-refractivity contribution >= 4 is 29.2 Å². The van der Waals surface area contributed by atoms with Gasteiger partial charge in [0.25, 0.3) is 0 Å². The zero-order valence-electron chi connectivity index (χ0n) is 19.1. The molecule has 1 fully saturated rings. The summed E-state index contributed by atoms with van der Waals surface area (Å²) in [4.78, 5) is 11.6. The van der Waals surface area contributed by atoms with Crippen LogP contribution in [-0.4, -0.2) is 42.5 Å². The Bertz CT molecular complexity index is 971. The Kier molecular flexibility index (Phi) is 12.7. The van der Waals surface area contributed by atoms with Gasteiger partial charge in [0.15, 0.2) is 0 Å². The van der Waals surface area contributed by atoms with Gasteiger partial charge in [0, 0.05) is 35.9 Å². The molecule has 0 spiro atoms. The number of thiol groups is 1. The van der Waals surface area contributed by atoms with Crippen LogP contribution >= 0.6 is 12.6 Å². The normalized spacial score (nSPS) is 12.0. The number of hydrogen-bond donors (Lipinski definition) is 1. The van der Waals surface area contributed by atoms with Crippen molar-refractivity contribution in [1.82, 2.24) is 9.97 Å². The Hall–Kier alpha value is -2.81. The Morgan fingerprint density at radius 3 is 2.29 bits per heavy atom. The van der Waals surface area contributed by atoms with Gasteiger partial charge in [-0.2, -0.15) is 12.6 Å². The molecule has 0 atom stereocenters. The van der Waals surface area contributed by atoms with Crippen LogP contribution in [-0.2, 0) is 4.74 Å². The highest BCUT2D eigenvalue weighted by Gasteiger charge is 2.12. The smallest absolute Gasteiger partial charge is 0.123 e. The minimum absolute atomic E-state index is 0.778. The van der Waals surface area contributed by atoms with Gasteiger partial charge in [0.1, 0.15) is 5.69 Å². The van der Waals surface area contributed by atoms with E-state index in [0.29, 0.717) is 0 Å². The zero-order valence-corrected chi connectivity index (χ0v) is 20.0. The molecule has 0 unspecified atom stereocenters. The summed E-state index contributed by atoms with van der Waals surface area (Å²) in [5.41, 5.74) is 4.89. The molecule has 164 valence electrons. The van der Waals surface area contributed by atoms with Crippen molar-refractivity contribution in [2.24, 2.45) is 0 Å². The van der Waals surface area contributed by atoms with Crippen LogP contribution in [0.25, 0.3) is 22.2 Å². The topological polar surface area (TPSA) is 38.2 Å². The van der Waals surface area contributed by atoms with E-state index in [-0.39, 0.29) is 0 Å². The molecule has 31 heavy (non-hydrogen) atoms. The van der Waals surface area contributed by atoms with E-state index < -0.39 is 0 Å². The number of anilines is 1. The molecule has 0 N–H and O–H groups in total. The fraction of sp³-hybridized carbons (Fsp3) is 0.308. The second kappa shape index (κ2) is 15.1. The number of hydrogen-bond acceptors (Lipinski definition) is 5. The molecule has 1 aromatic carbocycles. The van der Waals surface area contributed by atoms with Gasteiger partial charge in [0.05, 0.1) is 24.4 Å². The van der Waals surface area contributed by atoms with Crippen LogP contribution in [0.3, 0.4) is 0 Å². The molecule has 1 aliphatic rings. The van der Waals surface area contributed by atoms with Crippen molar-refractivity contribution < 1.29 is 4.74 Å². The van der Waals surface area contributed by atoms with Crippen molar-refractivity contribution in [2.45, 2.75) is 20.8 Å². The zero-order chi connectivity index (χ0) is 23.1. The lowest BCUT2D eigenvalue weighted by Gasteiger charge is -2.28. The largest absolute Gasteiger partial charge is 0.378 e. The average molecular weight is 436 g/mol. The molecule has 2 aromatic heterocycles. The SMILES string of the molecule is C=C.CC.CC#Cc1nc(-c2ccc(N3CCOCC3)cc2)cc2ncccc12.CS. The molecule has 0 aliphatic carbocycles. The van der Waals surface area contributed by atoms with Crippen LogP contribution in [0.2, 0.25) is 0 Å². The molecule has 3 aromatic rings. The number of rotatable bonds is 2. The van der Waals surface area contributed by atoms with E-state index in [1.54, 1.807) is 12.5 Å². The van der Waals surface area contributed by atoms with E-state index in [0.717, 1.165) is 54.2 Å². The maximum absolute atomic E-state index is 5.42. The lowest BCUT2D eigenvalue weighted by molar-refractivity contribution is 0.122. The lowest BCUT2D eigenvalue weighted by atomic mass is 10.1. The molecule has 4 rings (SSSR count). The molecule has 0 bridgehead atoms. The molecule has 0 radical (unpaired) electrons. The third kappa shape index (κ3) is 7.13. The first-order valence-electron chi connectivity index (χ1n) is 10.4. The van der Waals surface area contributed by atoms with Crippen LogP contribution in [0.15, 0.2) is 61.8 Å². The van der Waals surface area contributed by atoms with Crippen LogP contribution < -0.4 is 4.90 Å². The highest BCUT2D eigenvalue weighted by Crippen LogP contribution is 2.26. The molecular formula is C26H33N3OS. The number of fused-ring (bicyclic) bond motifs is 1. The Balaban J connectivity index is 0.000000739.